The lowest BCUT2D eigenvalue weighted by molar-refractivity contribution is 0.0956. The second kappa shape index (κ2) is 5.69. The standard InChI is InChI=1S/C10H15N3O4S/c1-17-8-4-2-3-7(9(8)11)10(14)13-5-6-18(12,15)16/h2-4H,5-6,11H2,1H3,(H,13,14)(H2,12,15,16). The SMILES string of the molecule is COc1cccc(C(=O)NCCS(N)(=O)=O)c1N. The third-order valence-electron chi connectivity index (χ3n) is 2.20. The predicted molar refractivity (Wildman–Crippen MR) is 67.7 cm³/mol. The van der Waals surface area contributed by atoms with Crippen LogP contribution in [0.15, 0.2) is 18.2 Å². The summed E-state index contributed by atoms with van der Waals surface area (Å²) in [5.74, 6) is -0.424. The number of para-hydroxylation sites is 1. The fourth-order valence-electron chi connectivity index (χ4n) is 1.32. The van der Waals surface area contributed by atoms with Gasteiger partial charge < -0.3 is 15.8 Å². The second-order valence-electron chi connectivity index (χ2n) is 3.54. The van der Waals surface area contributed by atoms with Crippen LogP contribution in [0.3, 0.4) is 0 Å². The third-order valence-corrected chi connectivity index (χ3v) is 2.98. The minimum absolute atomic E-state index is 0.0751. The number of carbonyl (C=O) groups is 1. The highest BCUT2D eigenvalue weighted by molar-refractivity contribution is 7.89. The molecule has 18 heavy (non-hydrogen) atoms. The molecule has 0 saturated heterocycles. The molecule has 1 rings (SSSR count). The zero-order chi connectivity index (χ0) is 13.8. The molecule has 0 heterocycles. The van der Waals surface area contributed by atoms with Gasteiger partial charge in [0.05, 0.1) is 24.1 Å². The number of hydrogen-bond donors (Lipinski definition) is 3. The van der Waals surface area contributed by atoms with Crippen LogP contribution in [-0.2, 0) is 10.0 Å². The van der Waals surface area contributed by atoms with E-state index < -0.39 is 15.9 Å². The zero-order valence-electron chi connectivity index (χ0n) is 9.84. The number of rotatable bonds is 5. The van der Waals surface area contributed by atoms with Gasteiger partial charge in [0.15, 0.2) is 0 Å². The molecule has 8 heteroatoms. The molecule has 0 unspecified atom stereocenters. The summed E-state index contributed by atoms with van der Waals surface area (Å²) in [5.41, 5.74) is 6.15. The fraction of sp³-hybridized carbons (Fsp3) is 0.300. The molecule has 5 N–H and O–H groups in total. The Bertz CT molecular complexity index is 542. The van der Waals surface area contributed by atoms with Gasteiger partial charge in [0, 0.05) is 6.54 Å². The van der Waals surface area contributed by atoms with E-state index in [0.29, 0.717) is 5.75 Å². The van der Waals surface area contributed by atoms with Crippen LogP contribution < -0.4 is 20.9 Å². The average molecular weight is 273 g/mol. The number of benzene rings is 1. The highest BCUT2D eigenvalue weighted by Gasteiger charge is 2.13. The predicted octanol–water partition coefficient (Wildman–Crippen LogP) is -0.704. The van der Waals surface area contributed by atoms with Gasteiger partial charge in [-0.3, -0.25) is 4.79 Å². The number of anilines is 1. The summed E-state index contributed by atoms with van der Waals surface area (Å²) >= 11 is 0. The van der Waals surface area contributed by atoms with Crippen molar-refractivity contribution in [3.05, 3.63) is 23.8 Å². The lowest BCUT2D eigenvalue weighted by atomic mass is 10.1. The van der Waals surface area contributed by atoms with Gasteiger partial charge in [-0.15, -0.1) is 0 Å². The van der Waals surface area contributed by atoms with Crippen molar-refractivity contribution in [1.82, 2.24) is 5.32 Å². The summed E-state index contributed by atoms with van der Waals surface area (Å²) in [6.07, 6.45) is 0. The smallest absolute Gasteiger partial charge is 0.253 e. The Morgan fingerprint density at radius 3 is 2.67 bits per heavy atom. The molecule has 1 aromatic rings. The third kappa shape index (κ3) is 3.90. The van der Waals surface area contributed by atoms with Crippen LogP contribution in [-0.4, -0.2) is 33.7 Å². The Morgan fingerprint density at radius 2 is 2.11 bits per heavy atom. The highest BCUT2D eigenvalue weighted by Crippen LogP contribution is 2.24. The molecule has 0 saturated carbocycles. The topological polar surface area (TPSA) is 125 Å². The Balaban J connectivity index is 2.73. The number of nitrogens with two attached hydrogens (primary N) is 2. The van der Waals surface area contributed by atoms with E-state index in [1.54, 1.807) is 12.1 Å². The number of nitrogen functional groups attached to an aromatic ring is 1. The summed E-state index contributed by atoms with van der Waals surface area (Å²) in [6.45, 7) is -0.0751. The molecule has 0 aliphatic rings. The molecule has 0 radical (unpaired) electrons. The maximum atomic E-state index is 11.7. The normalized spacial score (nSPS) is 11.0. The second-order valence-corrected chi connectivity index (χ2v) is 5.28. The van der Waals surface area contributed by atoms with E-state index in [-0.39, 0.29) is 23.5 Å². The van der Waals surface area contributed by atoms with E-state index in [9.17, 15) is 13.2 Å². The van der Waals surface area contributed by atoms with E-state index >= 15 is 0 Å². The first-order valence-corrected chi connectivity index (χ1v) is 6.78. The fourth-order valence-corrected chi connectivity index (χ4v) is 1.71. The van der Waals surface area contributed by atoms with E-state index in [0.717, 1.165) is 0 Å². The van der Waals surface area contributed by atoms with Gasteiger partial charge in [-0.1, -0.05) is 6.07 Å². The van der Waals surface area contributed by atoms with Gasteiger partial charge >= 0.3 is 0 Å². The Morgan fingerprint density at radius 1 is 1.44 bits per heavy atom. The minimum Gasteiger partial charge on any atom is -0.495 e. The van der Waals surface area contributed by atoms with Crippen LogP contribution in [0.5, 0.6) is 5.75 Å². The summed E-state index contributed by atoms with van der Waals surface area (Å²) < 4.78 is 26.4. The highest BCUT2D eigenvalue weighted by atomic mass is 32.2. The molecule has 1 aromatic carbocycles. The Hall–Kier alpha value is -1.80. The van der Waals surface area contributed by atoms with E-state index in [2.05, 4.69) is 5.32 Å². The van der Waals surface area contributed by atoms with Gasteiger partial charge in [0.25, 0.3) is 5.91 Å². The molecular formula is C10H15N3O4S. The zero-order valence-corrected chi connectivity index (χ0v) is 10.7. The number of sulfonamides is 1. The molecule has 100 valence electrons. The van der Waals surface area contributed by atoms with Crippen molar-refractivity contribution >= 4 is 21.6 Å². The van der Waals surface area contributed by atoms with Crippen LogP contribution in [0.1, 0.15) is 10.4 Å². The van der Waals surface area contributed by atoms with Crippen molar-refractivity contribution in [2.75, 3.05) is 25.1 Å². The molecule has 0 atom stereocenters. The van der Waals surface area contributed by atoms with E-state index in [1.165, 1.54) is 13.2 Å². The van der Waals surface area contributed by atoms with Crippen molar-refractivity contribution in [2.45, 2.75) is 0 Å². The van der Waals surface area contributed by atoms with Crippen LogP contribution >= 0.6 is 0 Å². The van der Waals surface area contributed by atoms with Crippen molar-refractivity contribution in [3.63, 3.8) is 0 Å². The van der Waals surface area contributed by atoms with Gasteiger partial charge in [0.1, 0.15) is 5.75 Å². The van der Waals surface area contributed by atoms with Gasteiger partial charge in [-0.2, -0.15) is 0 Å². The van der Waals surface area contributed by atoms with Crippen molar-refractivity contribution in [1.29, 1.82) is 0 Å². The van der Waals surface area contributed by atoms with Crippen LogP contribution in [0.2, 0.25) is 0 Å². The van der Waals surface area contributed by atoms with Crippen molar-refractivity contribution < 1.29 is 17.9 Å². The Labute approximate surface area is 105 Å². The summed E-state index contributed by atoms with van der Waals surface area (Å²) in [4.78, 5) is 11.7. The monoisotopic (exact) mass is 273 g/mol. The van der Waals surface area contributed by atoms with Gasteiger partial charge in [0.2, 0.25) is 10.0 Å². The van der Waals surface area contributed by atoms with Crippen LogP contribution in [0.25, 0.3) is 0 Å². The van der Waals surface area contributed by atoms with E-state index in [4.69, 9.17) is 15.6 Å². The lowest BCUT2D eigenvalue weighted by Crippen LogP contribution is -2.31. The number of nitrogens with one attached hydrogen (secondary N) is 1. The molecule has 0 fully saturated rings. The number of methoxy groups -OCH3 is 1. The molecule has 0 bridgehead atoms. The van der Waals surface area contributed by atoms with Crippen LogP contribution in [0, 0.1) is 0 Å². The largest absolute Gasteiger partial charge is 0.495 e. The summed E-state index contributed by atoms with van der Waals surface area (Å²) in [6, 6.07) is 4.75. The van der Waals surface area contributed by atoms with Gasteiger partial charge in [-0.05, 0) is 12.1 Å². The molecular weight excluding hydrogens is 258 g/mol. The molecule has 0 aliphatic carbocycles. The quantitative estimate of drug-likeness (QED) is 0.611. The maximum absolute atomic E-state index is 11.7. The first-order chi connectivity index (χ1) is 8.35. The summed E-state index contributed by atoms with van der Waals surface area (Å²) in [7, 11) is -2.16. The molecule has 0 spiro atoms. The van der Waals surface area contributed by atoms with E-state index in [1.807, 2.05) is 0 Å². The molecule has 0 aromatic heterocycles. The number of amides is 1. The number of hydrogen-bond acceptors (Lipinski definition) is 5. The maximum Gasteiger partial charge on any atom is 0.253 e. The number of carbonyl (C=O) groups excluding carboxylic acids is 1. The number of ether oxygens (including phenoxy) is 1. The Kier molecular flexibility index (Phi) is 4.51. The molecule has 1 amide bonds. The van der Waals surface area contributed by atoms with Crippen molar-refractivity contribution in [3.8, 4) is 5.75 Å². The van der Waals surface area contributed by atoms with Gasteiger partial charge in [-0.25, -0.2) is 13.6 Å². The summed E-state index contributed by atoms with van der Waals surface area (Å²) in [5, 5.41) is 7.23. The first kappa shape index (κ1) is 14.3. The minimum atomic E-state index is -3.60. The first-order valence-electron chi connectivity index (χ1n) is 5.06. The number of primary sulfonamides is 1. The van der Waals surface area contributed by atoms with Crippen molar-refractivity contribution in [2.24, 2.45) is 5.14 Å². The molecule has 0 aliphatic heterocycles. The van der Waals surface area contributed by atoms with Crippen LogP contribution in [0.4, 0.5) is 5.69 Å². The average Bonchev–Trinajstić information content (AvgIpc) is 2.27. The molecule has 7 nitrogen and oxygen atoms in total. The lowest BCUT2D eigenvalue weighted by Gasteiger charge is -2.10.